The lowest BCUT2D eigenvalue weighted by atomic mass is 9.53. The summed E-state index contributed by atoms with van der Waals surface area (Å²) in [6.07, 6.45) is 5.11. The third-order valence-corrected chi connectivity index (χ3v) is 8.81. The number of fused-ring (bicyclic) bond motifs is 2. The first-order chi connectivity index (χ1) is 14.2. The fourth-order valence-corrected chi connectivity index (χ4v) is 7.87. The molecule has 7 rings (SSSR count). The molecule has 6 atom stereocenters. The first-order valence-corrected chi connectivity index (χ1v) is 10.8. The average Bonchev–Trinajstić information content (AvgIpc) is 3.20. The molecule has 0 N–H and O–H groups in total. The maximum absolute atomic E-state index is 13.5. The summed E-state index contributed by atoms with van der Waals surface area (Å²) >= 11 is 0. The highest BCUT2D eigenvalue weighted by atomic mass is 16.5. The van der Waals surface area contributed by atoms with Gasteiger partial charge in [-0.3, -0.25) is 9.69 Å². The monoisotopic (exact) mass is 394 g/mol. The van der Waals surface area contributed by atoms with Gasteiger partial charge in [-0.25, -0.2) is 0 Å². The Morgan fingerprint density at radius 3 is 2.86 bits per heavy atom. The molecular weight excluding hydrogens is 368 g/mol. The van der Waals surface area contributed by atoms with Gasteiger partial charge in [-0.1, -0.05) is 11.6 Å². The van der Waals surface area contributed by atoms with Crippen LogP contribution < -0.4 is 14.4 Å². The maximum atomic E-state index is 13.5. The number of rotatable bonds is 2. The second-order valence-electron chi connectivity index (χ2n) is 9.48. The molecule has 5 aliphatic heterocycles. The number of carbonyl (C=O) groups is 1. The summed E-state index contributed by atoms with van der Waals surface area (Å²) in [4.78, 5) is 18.3. The van der Waals surface area contributed by atoms with Crippen LogP contribution in [0.15, 0.2) is 23.8 Å². The highest BCUT2D eigenvalue weighted by molar-refractivity contribution is 5.99. The van der Waals surface area contributed by atoms with Crippen LogP contribution in [-0.4, -0.2) is 62.9 Å². The molecule has 1 saturated carbocycles. The second-order valence-corrected chi connectivity index (χ2v) is 9.48. The Morgan fingerprint density at radius 2 is 2.03 bits per heavy atom. The topological polar surface area (TPSA) is 51.2 Å². The van der Waals surface area contributed by atoms with Gasteiger partial charge in [0, 0.05) is 30.0 Å². The van der Waals surface area contributed by atoms with E-state index < -0.39 is 0 Å². The predicted octanol–water partition coefficient (Wildman–Crippen LogP) is 2.11. The third-order valence-electron chi connectivity index (χ3n) is 8.81. The van der Waals surface area contributed by atoms with Crippen LogP contribution >= 0.6 is 0 Å². The highest BCUT2D eigenvalue weighted by Gasteiger charge is 2.71. The highest BCUT2D eigenvalue weighted by Crippen LogP contribution is 2.66. The summed E-state index contributed by atoms with van der Waals surface area (Å²) in [6.45, 7) is 2.80. The van der Waals surface area contributed by atoms with Gasteiger partial charge in [0.05, 0.1) is 45.1 Å². The van der Waals surface area contributed by atoms with E-state index in [9.17, 15) is 4.79 Å². The number of amides is 1. The predicted molar refractivity (Wildman–Crippen MR) is 107 cm³/mol. The number of methoxy groups -OCH3 is 2. The van der Waals surface area contributed by atoms with Crippen molar-refractivity contribution in [3.8, 4) is 11.5 Å². The van der Waals surface area contributed by atoms with Gasteiger partial charge in [0.1, 0.15) is 0 Å². The van der Waals surface area contributed by atoms with Gasteiger partial charge in [-0.05, 0) is 36.9 Å². The normalized spacial score (nSPS) is 41.0. The molecule has 1 amide bonds. The molecule has 29 heavy (non-hydrogen) atoms. The van der Waals surface area contributed by atoms with Crippen LogP contribution in [0.2, 0.25) is 0 Å². The van der Waals surface area contributed by atoms with Crippen LogP contribution in [0.5, 0.6) is 11.5 Å². The summed E-state index contributed by atoms with van der Waals surface area (Å²) in [6, 6.07) is 4.87. The number of carbonyl (C=O) groups excluding carboxylic acids is 1. The Hall–Kier alpha value is -2.05. The average molecular weight is 394 g/mol. The lowest BCUT2D eigenvalue weighted by Gasteiger charge is -2.58. The molecule has 6 nitrogen and oxygen atoms in total. The molecular formula is C23H26N2O4. The van der Waals surface area contributed by atoms with Crippen molar-refractivity contribution >= 4 is 11.6 Å². The molecule has 1 aromatic carbocycles. The fraction of sp³-hybridized carbons (Fsp3) is 0.609. The van der Waals surface area contributed by atoms with Crippen molar-refractivity contribution in [2.24, 2.45) is 11.8 Å². The Labute approximate surface area is 170 Å². The second kappa shape index (κ2) is 5.35. The molecule has 1 aliphatic carbocycles. The number of hydrogen-bond donors (Lipinski definition) is 0. The van der Waals surface area contributed by atoms with Crippen LogP contribution in [0.1, 0.15) is 24.8 Å². The minimum Gasteiger partial charge on any atom is -0.493 e. The third kappa shape index (κ3) is 1.76. The number of anilines is 1. The molecule has 3 saturated heterocycles. The minimum absolute atomic E-state index is 0.0242. The molecule has 6 heteroatoms. The Kier molecular flexibility index (Phi) is 3.08. The summed E-state index contributed by atoms with van der Waals surface area (Å²) in [5, 5.41) is 0. The number of ether oxygens (including phenoxy) is 3. The zero-order chi connectivity index (χ0) is 19.5. The van der Waals surface area contributed by atoms with E-state index in [1.807, 2.05) is 6.07 Å². The van der Waals surface area contributed by atoms with E-state index in [4.69, 9.17) is 14.2 Å². The van der Waals surface area contributed by atoms with E-state index in [-0.39, 0.29) is 23.5 Å². The van der Waals surface area contributed by atoms with Gasteiger partial charge in [-0.2, -0.15) is 0 Å². The number of nitrogens with zero attached hydrogens (tertiary/aromatic N) is 2. The van der Waals surface area contributed by atoms with Gasteiger partial charge in [-0.15, -0.1) is 0 Å². The number of benzene rings is 1. The molecule has 1 spiro atoms. The van der Waals surface area contributed by atoms with Crippen LogP contribution in [0.25, 0.3) is 0 Å². The molecule has 5 heterocycles. The summed E-state index contributed by atoms with van der Waals surface area (Å²) in [5.74, 6) is 2.57. The van der Waals surface area contributed by atoms with Gasteiger partial charge >= 0.3 is 0 Å². The quantitative estimate of drug-likeness (QED) is 0.719. The SMILES string of the molecule is COc1cc2c(cc1OC)[C@]13CCN4CC5=CCO[C@H]6CC(=O)N2[C@H]1[C@@H]6[C@H]5C[C@H]43. The van der Waals surface area contributed by atoms with Crippen molar-refractivity contribution in [2.75, 3.05) is 38.8 Å². The van der Waals surface area contributed by atoms with E-state index in [1.54, 1.807) is 19.8 Å². The zero-order valence-corrected chi connectivity index (χ0v) is 16.9. The summed E-state index contributed by atoms with van der Waals surface area (Å²) in [7, 11) is 3.36. The van der Waals surface area contributed by atoms with Crippen molar-refractivity contribution in [3.63, 3.8) is 0 Å². The minimum atomic E-state index is -0.0242. The van der Waals surface area contributed by atoms with Crippen LogP contribution in [0, 0.1) is 11.8 Å². The van der Waals surface area contributed by atoms with E-state index >= 15 is 0 Å². The molecule has 0 radical (unpaired) electrons. The van der Waals surface area contributed by atoms with Crippen molar-refractivity contribution < 1.29 is 19.0 Å². The summed E-state index contributed by atoms with van der Waals surface area (Å²) in [5.41, 5.74) is 3.85. The lowest BCUT2D eigenvalue weighted by Crippen LogP contribution is -2.69. The molecule has 0 aromatic heterocycles. The molecule has 4 fully saturated rings. The number of piperidine rings is 2. The van der Waals surface area contributed by atoms with Crippen LogP contribution in [0.3, 0.4) is 0 Å². The smallest absolute Gasteiger partial charge is 0.229 e. The zero-order valence-electron chi connectivity index (χ0n) is 16.9. The van der Waals surface area contributed by atoms with Gasteiger partial charge in [0.25, 0.3) is 0 Å². The number of hydrogen-bond acceptors (Lipinski definition) is 5. The molecule has 6 aliphatic rings. The van der Waals surface area contributed by atoms with E-state index in [1.165, 1.54) is 12.0 Å². The molecule has 2 bridgehead atoms. The Morgan fingerprint density at radius 1 is 1.21 bits per heavy atom. The Balaban J connectivity index is 1.52. The molecule has 0 unspecified atom stereocenters. The first-order valence-electron chi connectivity index (χ1n) is 10.8. The first kappa shape index (κ1) is 16.7. The molecule has 152 valence electrons. The van der Waals surface area contributed by atoms with Crippen LogP contribution in [0.4, 0.5) is 5.69 Å². The van der Waals surface area contributed by atoms with E-state index in [0.717, 1.165) is 30.9 Å². The molecule has 1 aromatic rings. The Bertz CT molecular complexity index is 974. The van der Waals surface area contributed by atoms with Crippen LogP contribution in [-0.2, 0) is 14.9 Å². The standard InChI is InChI=1S/C23H26N2O4/c1-27-16-8-14-15(9-17(16)28-2)25-20(26)10-18-21-13-7-19-23(14,22(21)25)4-5-24(19)11-12(13)3-6-29-18/h3,8-9,13,18-19,21-22H,4-7,10-11H2,1-2H3/t13-,18-,19-,21+,22-,23-/m0/s1. The van der Waals surface area contributed by atoms with Crippen molar-refractivity contribution in [1.82, 2.24) is 4.90 Å². The largest absolute Gasteiger partial charge is 0.493 e. The van der Waals surface area contributed by atoms with Gasteiger partial charge in [0.2, 0.25) is 5.91 Å². The van der Waals surface area contributed by atoms with E-state index in [2.05, 4.69) is 21.9 Å². The van der Waals surface area contributed by atoms with Crippen molar-refractivity contribution in [3.05, 3.63) is 29.3 Å². The summed E-state index contributed by atoms with van der Waals surface area (Å²) < 4.78 is 17.6. The lowest BCUT2D eigenvalue weighted by molar-refractivity contribution is -0.132. The van der Waals surface area contributed by atoms with E-state index in [0.29, 0.717) is 36.7 Å². The fourth-order valence-electron chi connectivity index (χ4n) is 7.87. The van der Waals surface area contributed by atoms with Crippen molar-refractivity contribution in [2.45, 2.75) is 42.9 Å². The van der Waals surface area contributed by atoms with Crippen molar-refractivity contribution in [1.29, 1.82) is 0 Å². The van der Waals surface area contributed by atoms with Gasteiger partial charge < -0.3 is 19.1 Å². The van der Waals surface area contributed by atoms with Gasteiger partial charge in [0.15, 0.2) is 11.5 Å². The maximum Gasteiger partial charge on any atom is 0.229 e.